The van der Waals surface area contributed by atoms with Crippen molar-refractivity contribution in [2.24, 2.45) is 0 Å². The Kier molecular flexibility index (Phi) is 4.90. The van der Waals surface area contributed by atoms with Crippen LogP contribution in [0.1, 0.15) is 30.1 Å². The molecule has 0 aliphatic heterocycles. The number of amides is 1. The molecule has 0 saturated heterocycles. The molecular formula is C11H13ClN2O3. The summed E-state index contributed by atoms with van der Waals surface area (Å²) in [5, 5.41) is 13.7. The highest BCUT2D eigenvalue weighted by Crippen LogP contribution is 2.22. The van der Waals surface area contributed by atoms with Gasteiger partial charge in [-0.1, -0.05) is 24.9 Å². The van der Waals surface area contributed by atoms with Gasteiger partial charge >= 0.3 is 0 Å². The summed E-state index contributed by atoms with van der Waals surface area (Å²) in [6.45, 7) is 2.49. The number of carbonyl (C=O) groups is 1. The zero-order chi connectivity index (χ0) is 12.8. The maximum atomic E-state index is 11.7. The molecule has 1 amide bonds. The van der Waals surface area contributed by atoms with E-state index in [2.05, 4.69) is 5.32 Å². The van der Waals surface area contributed by atoms with Crippen LogP contribution in [0.5, 0.6) is 0 Å². The largest absolute Gasteiger partial charge is 0.352 e. The highest BCUT2D eigenvalue weighted by molar-refractivity contribution is 6.31. The van der Waals surface area contributed by atoms with Gasteiger partial charge < -0.3 is 5.32 Å². The van der Waals surface area contributed by atoms with E-state index in [0.717, 1.165) is 12.8 Å². The van der Waals surface area contributed by atoms with E-state index in [1.54, 1.807) is 0 Å². The molecule has 0 bridgehead atoms. The van der Waals surface area contributed by atoms with Crippen molar-refractivity contribution >= 4 is 23.2 Å². The van der Waals surface area contributed by atoms with Gasteiger partial charge in [-0.15, -0.1) is 0 Å². The Hall–Kier alpha value is -1.62. The van der Waals surface area contributed by atoms with Gasteiger partial charge in [-0.05, 0) is 18.6 Å². The van der Waals surface area contributed by atoms with Crippen LogP contribution in [0, 0.1) is 10.1 Å². The molecule has 1 aromatic rings. The van der Waals surface area contributed by atoms with Crippen LogP contribution in [0.2, 0.25) is 5.02 Å². The number of rotatable bonds is 5. The minimum Gasteiger partial charge on any atom is -0.352 e. The summed E-state index contributed by atoms with van der Waals surface area (Å²) in [4.78, 5) is 21.9. The van der Waals surface area contributed by atoms with Crippen molar-refractivity contribution in [2.45, 2.75) is 19.8 Å². The van der Waals surface area contributed by atoms with Gasteiger partial charge in [0, 0.05) is 17.6 Å². The maximum absolute atomic E-state index is 11.7. The SMILES string of the molecule is CCCCNC(=O)c1cc(Cl)ccc1[N+](=O)[O-]. The first-order chi connectivity index (χ1) is 8.06. The number of hydrogen-bond acceptors (Lipinski definition) is 3. The van der Waals surface area contributed by atoms with E-state index in [4.69, 9.17) is 11.6 Å². The van der Waals surface area contributed by atoms with E-state index in [9.17, 15) is 14.9 Å². The normalized spacial score (nSPS) is 10.0. The molecule has 0 aliphatic rings. The third-order valence-corrected chi connectivity index (χ3v) is 2.45. The summed E-state index contributed by atoms with van der Waals surface area (Å²) in [7, 11) is 0. The first kappa shape index (κ1) is 13.4. The number of carbonyl (C=O) groups excluding carboxylic acids is 1. The Morgan fingerprint density at radius 1 is 1.53 bits per heavy atom. The van der Waals surface area contributed by atoms with Crippen molar-refractivity contribution in [3.8, 4) is 0 Å². The number of unbranched alkanes of at least 4 members (excludes halogenated alkanes) is 1. The third kappa shape index (κ3) is 3.71. The van der Waals surface area contributed by atoms with E-state index in [0.29, 0.717) is 11.6 Å². The summed E-state index contributed by atoms with van der Waals surface area (Å²) < 4.78 is 0. The van der Waals surface area contributed by atoms with Crippen molar-refractivity contribution in [2.75, 3.05) is 6.54 Å². The minimum atomic E-state index is -0.592. The molecule has 6 heteroatoms. The monoisotopic (exact) mass is 256 g/mol. The molecule has 0 aliphatic carbocycles. The second-order valence-electron chi connectivity index (χ2n) is 3.53. The fourth-order valence-corrected chi connectivity index (χ4v) is 1.50. The standard InChI is InChI=1S/C11H13ClN2O3/c1-2-3-6-13-11(15)9-7-8(12)4-5-10(9)14(16)17/h4-5,7H,2-3,6H2,1H3,(H,13,15). The number of nitro benzene ring substituents is 1. The molecule has 0 spiro atoms. The molecule has 1 N–H and O–H groups in total. The van der Waals surface area contributed by atoms with Crippen LogP contribution in [-0.4, -0.2) is 17.4 Å². The highest BCUT2D eigenvalue weighted by Gasteiger charge is 2.19. The molecule has 0 heterocycles. The first-order valence-electron chi connectivity index (χ1n) is 5.28. The van der Waals surface area contributed by atoms with Gasteiger partial charge in [-0.25, -0.2) is 0 Å². The smallest absolute Gasteiger partial charge is 0.282 e. The van der Waals surface area contributed by atoms with Crippen LogP contribution < -0.4 is 5.32 Å². The quantitative estimate of drug-likeness (QED) is 0.500. The Labute approximate surface area is 104 Å². The summed E-state index contributed by atoms with van der Waals surface area (Å²) in [5.74, 6) is -0.465. The number of halogens is 1. The lowest BCUT2D eigenvalue weighted by molar-refractivity contribution is -0.385. The number of hydrogen-bond donors (Lipinski definition) is 1. The second-order valence-corrected chi connectivity index (χ2v) is 3.96. The van der Waals surface area contributed by atoms with Gasteiger partial charge in [-0.2, -0.15) is 0 Å². The summed E-state index contributed by atoms with van der Waals surface area (Å²) in [6.07, 6.45) is 1.78. The minimum absolute atomic E-state index is 0.00129. The van der Waals surface area contributed by atoms with E-state index >= 15 is 0 Å². The predicted octanol–water partition coefficient (Wildman–Crippen LogP) is 2.78. The van der Waals surface area contributed by atoms with Crippen LogP contribution in [0.3, 0.4) is 0 Å². The molecule has 1 rings (SSSR count). The van der Waals surface area contributed by atoms with Gasteiger partial charge in [0.2, 0.25) is 0 Å². The lowest BCUT2D eigenvalue weighted by Crippen LogP contribution is -2.25. The van der Waals surface area contributed by atoms with Gasteiger partial charge in [0.1, 0.15) is 5.56 Å². The molecule has 17 heavy (non-hydrogen) atoms. The van der Waals surface area contributed by atoms with Crippen molar-refractivity contribution in [1.29, 1.82) is 0 Å². The van der Waals surface area contributed by atoms with E-state index in [1.807, 2.05) is 6.92 Å². The van der Waals surface area contributed by atoms with E-state index < -0.39 is 10.8 Å². The molecule has 0 fully saturated rings. The lowest BCUT2D eigenvalue weighted by Gasteiger charge is -2.05. The Balaban J connectivity index is 2.90. The van der Waals surface area contributed by atoms with Crippen molar-refractivity contribution in [3.63, 3.8) is 0 Å². The molecule has 0 radical (unpaired) electrons. The Morgan fingerprint density at radius 2 is 2.24 bits per heavy atom. The fourth-order valence-electron chi connectivity index (χ4n) is 1.32. The van der Waals surface area contributed by atoms with Gasteiger partial charge in [0.25, 0.3) is 11.6 Å². The first-order valence-corrected chi connectivity index (χ1v) is 5.66. The lowest BCUT2D eigenvalue weighted by atomic mass is 10.1. The van der Waals surface area contributed by atoms with Crippen molar-refractivity contribution in [3.05, 3.63) is 38.9 Å². The zero-order valence-electron chi connectivity index (χ0n) is 9.40. The molecular weight excluding hydrogens is 244 g/mol. The van der Waals surface area contributed by atoms with Gasteiger partial charge in [-0.3, -0.25) is 14.9 Å². The zero-order valence-corrected chi connectivity index (χ0v) is 10.2. The van der Waals surface area contributed by atoms with E-state index in [-0.39, 0.29) is 11.3 Å². The Morgan fingerprint density at radius 3 is 2.82 bits per heavy atom. The molecule has 92 valence electrons. The summed E-state index contributed by atoms with van der Waals surface area (Å²) in [6, 6.07) is 3.93. The average Bonchev–Trinajstić information content (AvgIpc) is 2.28. The Bertz CT molecular complexity index is 435. The van der Waals surface area contributed by atoms with Crippen LogP contribution in [-0.2, 0) is 0 Å². The van der Waals surface area contributed by atoms with Crippen molar-refractivity contribution in [1.82, 2.24) is 5.32 Å². The van der Waals surface area contributed by atoms with Crippen LogP contribution in [0.25, 0.3) is 0 Å². The number of nitro groups is 1. The van der Waals surface area contributed by atoms with E-state index in [1.165, 1.54) is 18.2 Å². The molecule has 1 aromatic carbocycles. The highest BCUT2D eigenvalue weighted by atomic mass is 35.5. The third-order valence-electron chi connectivity index (χ3n) is 2.22. The summed E-state index contributed by atoms with van der Waals surface area (Å²) in [5.41, 5.74) is -0.234. The fraction of sp³-hybridized carbons (Fsp3) is 0.364. The predicted molar refractivity (Wildman–Crippen MR) is 65.3 cm³/mol. The molecule has 0 saturated carbocycles. The number of nitrogens with one attached hydrogen (secondary N) is 1. The molecule has 5 nitrogen and oxygen atoms in total. The van der Waals surface area contributed by atoms with Gasteiger partial charge in [0.15, 0.2) is 0 Å². The van der Waals surface area contributed by atoms with Gasteiger partial charge in [0.05, 0.1) is 4.92 Å². The topological polar surface area (TPSA) is 72.2 Å². The molecule has 0 unspecified atom stereocenters. The van der Waals surface area contributed by atoms with Crippen LogP contribution >= 0.6 is 11.6 Å². The second kappa shape index (κ2) is 6.20. The summed E-state index contributed by atoms with van der Waals surface area (Å²) >= 11 is 5.72. The van der Waals surface area contributed by atoms with Crippen molar-refractivity contribution < 1.29 is 9.72 Å². The maximum Gasteiger partial charge on any atom is 0.282 e. The molecule has 0 aromatic heterocycles. The molecule has 0 atom stereocenters. The number of benzene rings is 1. The number of nitrogens with zero attached hydrogens (tertiary/aromatic N) is 1. The van der Waals surface area contributed by atoms with Crippen LogP contribution in [0.15, 0.2) is 18.2 Å². The average molecular weight is 257 g/mol. The van der Waals surface area contributed by atoms with Crippen LogP contribution in [0.4, 0.5) is 5.69 Å².